The Morgan fingerprint density at radius 2 is 1.71 bits per heavy atom. The molecule has 0 aliphatic heterocycles. The molecule has 0 N–H and O–H groups in total. The summed E-state index contributed by atoms with van der Waals surface area (Å²) in [5.41, 5.74) is 0.475. The van der Waals surface area contributed by atoms with Crippen molar-refractivity contribution in [1.29, 1.82) is 0 Å². The number of alkyl halides is 1. The lowest BCUT2D eigenvalue weighted by Gasteiger charge is -2.10. The molecule has 0 bridgehead atoms. The van der Waals surface area contributed by atoms with E-state index in [0.29, 0.717) is 5.56 Å². The second kappa shape index (κ2) is 4.06. The van der Waals surface area contributed by atoms with Crippen LogP contribution in [0.1, 0.15) is 5.56 Å². The van der Waals surface area contributed by atoms with Crippen molar-refractivity contribution < 1.29 is 12.8 Å². The summed E-state index contributed by atoms with van der Waals surface area (Å²) in [5, 5.41) is 0. The molecular formula is C9H12FNO2S. The Morgan fingerprint density at radius 3 is 2.07 bits per heavy atom. The minimum atomic E-state index is -3.39. The maximum Gasteiger partial charge on any atom is 0.242 e. The lowest BCUT2D eigenvalue weighted by Crippen LogP contribution is -2.22. The molecule has 0 spiro atoms. The molecule has 0 fully saturated rings. The normalized spacial score (nSPS) is 12.0. The van der Waals surface area contributed by atoms with Gasteiger partial charge in [-0.15, -0.1) is 0 Å². The van der Waals surface area contributed by atoms with Gasteiger partial charge in [-0.05, 0) is 17.7 Å². The minimum Gasteiger partial charge on any atom is -0.246 e. The van der Waals surface area contributed by atoms with E-state index >= 15 is 0 Å². The lowest BCUT2D eigenvalue weighted by molar-refractivity contribution is 0.484. The highest BCUT2D eigenvalue weighted by atomic mass is 32.2. The fraction of sp³-hybridized carbons (Fsp3) is 0.333. The van der Waals surface area contributed by atoms with Crippen molar-refractivity contribution in [2.45, 2.75) is 11.6 Å². The predicted molar refractivity (Wildman–Crippen MR) is 52.1 cm³/mol. The number of rotatable bonds is 3. The Morgan fingerprint density at radius 1 is 1.21 bits per heavy atom. The summed E-state index contributed by atoms with van der Waals surface area (Å²) >= 11 is 0. The van der Waals surface area contributed by atoms with E-state index in [1.807, 2.05) is 0 Å². The first-order valence-electron chi connectivity index (χ1n) is 4.06. The molecule has 1 rings (SSSR count). The summed E-state index contributed by atoms with van der Waals surface area (Å²) in [4.78, 5) is 0.180. The fourth-order valence-electron chi connectivity index (χ4n) is 0.961. The Bertz CT molecular complexity index is 397. The molecule has 0 saturated carbocycles. The van der Waals surface area contributed by atoms with Gasteiger partial charge in [0.1, 0.15) is 6.67 Å². The summed E-state index contributed by atoms with van der Waals surface area (Å²) in [6, 6.07) is 5.75. The van der Waals surface area contributed by atoms with Crippen LogP contribution in [0.3, 0.4) is 0 Å². The number of hydrogen-bond acceptors (Lipinski definition) is 2. The second-order valence-electron chi connectivity index (χ2n) is 3.07. The molecule has 1 aromatic carbocycles. The molecule has 0 aliphatic rings. The maximum atomic E-state index is 12.2. The zero-order valence-electron chi connectivity index (χ0n) is 8.07. The molecule has 0 saturated heterocycles. The van der Waals surface area contributed by atoms with Gasteiger partial charge >= 0.3 is 0 Å². The molecular weight excluding hydrogens is 205 g/mol. The Kier molecular flexibility index (Phi) is 3.23. The SMILES string of the molecule is CN(C)S(=O)(=O)c1ccc(CF)cc1. The van der Waals surface area contributed by atoms with Crippen LogP contribution in [0.15, 0.2) is 29.2 Å². The van der Waals surface area contributed by atoms with Gasteiger partial charge in [0.05, 0.1) is 4.90 Å². The monoisotopic (exact) mass is 217 g/mol. The predicted octanol–water partition coefficient (Wildman–Crippen LogP) is 1.41. The molecule has 0 aliphatic carbocycles. The van der Waals surface area contributed by atoms with Crippen molar-refractivity contribution >= 4 is 10.0 Å². The highest BCUT2D eigenvalue weighted by molar-refractivity contribution is 7.89. The van der Waals surface area contributed by atoms with Gasteiger partial charge in [-0.3, -0.25) is 0 Å². The van der Waals surface area contributed by atoms with Gasteiger partial charge < -0.3 is 0 Å². The van der Waals surface area contributed by atoms with E-state index in [0.717, 1.165) is 4.31 Å². The topological polar surface area (TPSA) is 37.4 Å². The average molecular weight is 217 g/mol. The van der Waals surface area contributed by atoms with Gasteiger partial charge in [0.25, 0.3) is 0 Å². The number of nitrogens with zero attached hydrogens (tertiary/aromatic N) is 1. The second-order valence-corrected chi connectivity index (χ2v) is 5.22. The van der Waals surface area contributed by atoms with Crippen molar-refractivity contribution in [2.24, 2.45) is 0 Å². The van der Waals surface area contributed by atoms with E-state index in [4.69, 9.17) is 0 Å². The molecule has 5 heteroatoms. The van der Waals surface area contributed by atoms with Crippen LogP contribution < -0.4 is 0 Å². The van der Waals surface area contributed by atoms with Crippen molar-refractivity contribution in [3.63, 3.8) is 0 Å². The number of benzene rings is 1. The number of halogens is 1. The standard InChI is InChI=1S/C9H12FNO2S/c1-11(2)14(12,13)9-5-3-8(7-10)4-6-9/h3-6H,7H2,1-2H3. The van der Waals surface area contributed by atoms with Gasteiger partial charge in [0.15, 0.2) is 0 Å². The van der Waals surface area contributed by atoms with E-state index in [1.165, 1.54) is 38.4 Å². The van der Waals surface area contributed by atoms with Crippen LogP contribution in [0.4, 0.5) is 4.39 Å². The molecule has 3 nitrogen and oxygen atoms in total. The molecule has 0 heterocycles. The summed E-state index contributed by atoms with van der Waals surface area (Å²) in [7, 11) is -0.478. The first kappa shape index (κ1) is 11.1. The first-order chi connectivity index (χ1) is 6.48. The van der Waals surface area contributed by atoms with Crippen LogP contribution in [-0.4, -0.2) is 26.8 Å². The van der Waals surface area contributed by atoms with Crippen molar-refractivity contribution in [3.05, 3.63) is 29.8 Å². The fourth-order valence-corrected chi connectivity index (χ4v) is 1.86. The van der Waals surface area contributed by atoms with Crippen molar-refractivity contribution in [2.75, 3.05) is 14.1 Å². The van der Waals surface area contributed by atoms with Gasteiger partial charge in [0.2, 0.25) is 10.0 Å². The third-order valence-electron chi connectivity index (χ3n) is 1.86. The van der Waals surface area contributed by atoms with E-state index < -0.39 is 16.7 Å². The third-order valence-corrected chi connectivity index (χ3v) is 3.69. The molecule has 0 aromatic heterocycles. The van der Waals surface area contributed by atoms with Gasteiger partial charge in [-0.25, -0.2) is 17.1 Å². The average Bonchev–Trinajstić information content (AvgIpc) is 2.17. The number of sulfonamides is 1. The Hall–Kier alpha value is -0.940. The molecule has 1 aromatic rings. The molecule has 0 unspecified atom stereocenters. The minimum absolute atomic E-state index is 0.180. The van der Waals surface area contributed by atoms with Crippen LogP contribution in [0.25, 0.3) is 0 Å². The summed E-state index contributed by atoms with van der Waals surface area (Å²) in [5.74, 6) is 0. The van der Waals surface area contributed by atoms with Crippen molar-refractivity contribution in [3.8, 4) is 0 Å². The molecule has 14 heavy (non-hydrogen) atoms. The van der Waals surface area contributed by atoms with Gasteiger partial charge in [-0.1, -0.05) is 12.1 Å². The number of hydrogen-bond donors (Lipinski definition) is 0. The van der Waals surface area contributed by atoms with Crippen LogP contribution in [0.2, 0.25) is 0 Å². The smallest absolute Gasteiger partial charge is 0.242 e. The Balaban J connectivity index is 3.10. The summed E-state index contributed by atoms with van der Waals surface area (Å²) in [6.45, 7) is -0.581. The van der Waals surface area contributed by atoms with E-state index in [9.17, 15) is 12.8 Å². The van der Waals surface area contributed by atoms with E-state index in [-0.39, 0.29) is 4.90 Å². The summed E-state index contributed by atoms with van der Waals surface area (Å²) < 4.78 is 36.4. The first-order valence-corrected chi connectivity index (χ1v) is 5.50. The maximum absolute atomic E-state index is 12.2. The van der Waals surface area contributed by atoms with Crippen LogP contribution in [0, 0.1) is 0 Å². The highest BCUT2D eigenvalue weighted by Crippen LogP contribution is 2.14. The molecule has 0 atom stereocenters. The van der Waals surface area contributed by atoms with Crippen LogP contribution in [0.5, 0.6) is 0 Å². The van der Waals surface area contributed by atoms with Crippen LogP contribution >= 0.6 is 0 Å². The zero-order valence-corrected chi connectivity index (χ0v) is 8.88. The van der Waals surface area contributed by atoms with E-state index in [2.05, 4.69) is 0 Å². The third kappa shape index (κ3) is 2.10. The lowest BCUT2D eigenvalue weighted by atomic mass is 10.2. The van der Waals surface area contributed by atoms with E-state index in [1.54, 1.807) is 0 Å². The van der Waals surface area contributed by atoms with Gasteiger partial charge in [-0.2, -0.15) is 0 Å². The Labute approximate surface area is 83.2 Å². The van der Waals surface area contributed by atoms with Crippen LogP contribution in [-0.2, 0) is 16.7 Å². The zero-order chi connectivity index (χ0) is 10.8. The summed E-state index contributed by atoms with van der Waals surface area (Å²) in [6.07, 6.45) is 0. The molecule has 0 amide bonds. The van der Waals surface area contributed by atoms with Crippen molar-refractivity contribution in [1.82, 2.24) is 4.31 Å². The quantitative estimate of drug-likeness (QED) is 0.767. The largest absolute Gasteiger partial charge is 0.246 e. The highest BCUT2D eigenvalue weighted by Gasteiger charge is 2.16. The molecule has 78 valence electrons. The molecule has 0 radical (unpaired) electrons. The van der Waals surface area contributed by atoms with Gasteiger partial charge in [0, 0.05) is 14.1 Å².